The van der Waals surface area contributed by atoms with E-state index >= 15 is 0 Å². The summed E-state index contributed by atoms with van der Waals surface area (Å²) in [4.78, 5) is 6.76. The SMILES string of the molecule is CN(Cc1ccco1)c1cccc(CNC(C)(C)C)n1. The molecular weight excluding hydrogens is 250 g/mol. The Balaban J connectivity index is 2.01. The van der Waals surface area contributed by atoms with Crippen LogP contribution in [0.15, 0.2) is 41.0 Å². The molecule has 0 aromatic carbocycles. The topological polar surface area (TPSA) is 41.3 Å². The second-order valence-electron chi connectivity index (χ2n) is 6.03. The van der Waals surface area contributed by atoms with Crippen molar-refractivity contribution in [2.24, 2.45) is 0 Å². The molecule has 0 amide bonds. The van der Waals surface area contributed by atoms with Crippen LogP contribution in [0.1, 0.15) is 32.2 Å². The summed E-state index contributed by atoms with van der Waals surface area (Å²) in [5, 5.41) is 3.45. The van der Waals surface area contributed by atoms with Gasteiger partial charge in [0.1, 0.15) is 11.6 Å². The number of nitrogens with one attached hydrogen (secondary N) is 1. The van der Waals surface area contributed by atoms with Crippen LogP contribution >= 0.6 is 0 Å². The standard InChI is InChI=1S/C16H23N3O/c1-16(2,3)17-11-13-7-5-9-15(18-13)19(4)12-14-8-6-10-20-14/h5-10,17H,11-12H2,1-4H3. The van der Waals surface area contributed by atoms with E-state index in [1.54, 1.807) is 6.26 Å². The molecule has 0 saturated heterocycles. The normalized spacial score (nSPS) is 11.6. The van der Waals surface area contributed by atoms with Gasteiger partial charge in [-0.05, 0) is 45.0 Å². The van der Waals surface area contributed by atoms with Gasteiger partial charge in [0.15, 0.2) is 0 Å². The molecule has 0 atom stereocenters. The summed E-state index contributed by atoms with van der Waals surface area (Å²) < 4.78 is 5.37. The van der Waals surface area contributed by atoms with Crippen molar-refractivity contribution in [2.45, 2.75) is 39.4 Å². The van der Waals surface area contributed by atoms with E-state index in [1.807, 2.05) is 37.4 Å². The second kappa shape index (κ2) is 6.09. The minimum Gasteiger partial charge on any atom is -0.467 e. The molecule has 1 N–H and O–H groups in total. The van der Waals surface area contributed by atoms with Crippen molar-refractivity contribution in [3.05, 3.63) is 48.0 Å². The third-order valence-corrected chi connectivity index (χ3v) is 2.96. The van der Waals surface area contributed by atoms with Crippen molar-refractivity contribution in [1.82, 2.24) is 10.3 Å². The molecule has 0 aliphatic heterocycles. The van der Waals surface area contributed by atoms with Gasteiger partial charge < -0.3 is 14.6 Å². The van der Waals surface area contributed by atoms with Crippen LogP contribution in [-0.4, -0.2) is 17.6 Å². The van der Waals surface area contributed by atoms with E-state index in [9.17, 15) is 0 Å². The van der Waals surface area contributed by atoms with Gasteiger partial charge in [-0.15, -0.1) is 0 Å². The minimum atomic E-state index is 0.0950. The summed E-state index contributed by atoms with van der Waals surface area (Å²) in [5.41, 5.74) is 1.14. The number of hydrogen-bond acceptors (Lipinski definition) is 4. The Morgan fingerprint density at radius 1 is 1.20 bits per heavy atom. The zero-order valence-corrected chi connectivity index (χ0v) is 12.7. The average Bonchev–Trinajstić information content (AvgIpc) is 2.89. The Morgan fingerprint density at radius 3 is 2.65 bits per heavy atom. The number of rotatable bonds is 5. The van der Waals surface area contributed by atoms with E-state index in [1.165, 1.54) is 0 Å². The molecule has 2 aromatic rings. The summed E-state index contributed by atoms with van der Waals surface area (Å²) in [6.07, 6.45) is 1.69. The highest BCUT2D eigenvalue weighted by Gasteiger charge is 2.10. The van der Waals surface area contributed by atoms with Gasteiger partial charge in [0.25, 0.3) is 0 Å². The van der Waals surface area contributed by atoms with Gasteiger partial charge in [0.2, 0.25) is 0 Å². The fourth-order valence-electron chi connectivity index (χ4n) is 1.85. The lowest BCUT2D eigenvalue weighted by atomic mass is 10.1. The molecule has 0 bridgehead atoms. The molecule has 2 aromatic heterocycles. The first-order chi connectivity index (χ1) is 9.44. The average molecular weight is 273 g/mol. The lowest BCUT2D eigenvalue weighted by molar-refractivity contribution is 0.421. The first kappa shape index (κ1) is 14.6. The van der Waals surface area contributed by atoms with Crippen LogP contribution in [0.3, 0.4) is 0 Å². The van der Waals surface area contributed by atoms with E-state index < -0.39 is 0 Å². The fourth-order valence-corrected chi connectivity index (χ4v) is 1.85. The molecule has 20 heavy (non-hydrogen) atoms. The molecule has 0 aliphatic rings. The quantitative estimate of drug-likeness (QED) is 0.908. The monoisotopic (exact) mass is 273 g/mol. The predicted molar refractivity (Wildman–Crippen MR) is 81.6 cm³/mol. The lowest BCUT2D eigenvalue weighted by Gasteiger charge is -2.21. The van der Waals surface area contributed by atoms with E-state index in [4.69, 9.17) is 4.42 Å². The van der Waals surface area contributed by atoms with E-state index in [-0.39, 0.29) is 5.54 Å². The van der Waals surface area contributed by atoms with E-state index in [2.05, 4.69) is 36.0 Å². The lowest BCUT2D eigenvalue weighted by Crippen LogP contribution is -2.35. The zero-order chi connectivity index (χ0) is 14.6. The maximum absolute atomic E-state index is 5.37. The molecule has 4 heteroatoms. The summed E-state index contributed by atoms with van der Waals surface area (Å²) in [5.74, 6) is 1.89. The fraction of sp³-hybridized carbons (Fsp3) is 0.438. The molecule has 0 aliphatic carbocycles. The van der Waals surface area contributed by atoms with Gasteiger partial charge in [0.05, 0.1) is 18.5 Å². The van der Waals surface area contributed by atoms with Crippen molar-refractivity contribution in [1.29, 1.82) is 0 Å². The molecule has 0 spiro atoms. The van der Waals surface area contributed by atoms with Crippen molar-refractivity contribution in [3.63, 3.8) is 0 Å². The maximum atomic E-state index is 5.37. The Kier molecular flexibility index (Phi) is 4.45. The molecule has 0 unspecified atom stereocenters. The second-order valence-corrected chi connectivity index (χ2v) is 6.03. The number of hydrogen-bond donors (Lipinski definition) is 1. The summed E-state index contributed by atoms with van der Waals surface area (Å²) in [6, 6.07) is 9.98. The van der Waals surface area contributed by atoms with Gasteiger partial charge >= 0.3 is 0 Å². The van der Waals surface area contributed by atoms with Gasteiger partial charge in [0, 0.05) is 19.1 Å². The van der Waals surface area contributed by atoms with Gasteiger partial charge in [-0.2, -0.15) is 0 Å². The van der Waals surface area contributed by atoms with Gasteiger partial charge in [-0.3, -0.25) is 0 Å². The number of anilines is 1. The van der Waals surface area contributed by atoms with Crippen LogP contribution in [0, 0.1) is 0 Å². The molecule has 4 nitrogen and oxygen atoms in total. The molecule has 0 radical (unpaired) electrons. The highest BCUT2D eigenvalue weighted by atomic mass is 16.3. The van der Waals surface area contributed by atoms with Crippen LogP contribution in [0.5, 0.6) is 0 Å². The highest BCUT2D eigenvalue weighted by Crippen LogP contribution is 2.14. The molecule has 2 heterocycles. The van der Waals surface area contributed by atoms with Crippen LogP contribution in [0.2, 0.25) is 0 Å². The smallest absolute Gasteiger partial charge is 0.129 e. The van der Waals surface area contributed by atoms with Crippen molar-refractivity contribution >= 4 is 5.82 Å². The van der Waals surface area contributed by atoms with Crippen molar-refractivity contribution < 1.29 is 4.42 Å². The Labute approximate surface area is 120 Å². The number of furan rings is 1. The molecular formula is C16H23N3O. The summed E-state index contributed by atoms with van der Waals surface area (Å²) >= 11 is 0. The van der Waals surface area contributed by atoms with Crippen LogP contribution in [0.25, 0.3) is 0 Å². The predicted octanol–water partition coefficient (Wildman–Crippen LogP) is 3.20. The third-order valence-electron chi connectivity index (χ3n) is 2.96. The Hall–Kier alpha value is -1.81. The van der Waals surface area contributed by atoms with Crippen LogP contribution < -0.4 is 10.2 Å². The zero-order valence-electron chi connectivity index (χ0n) is 12.7. The van der Waals surface area contributed by atoms with E-state index in [0.29, 0.717) is 0 Å². The Morgan fingerprint density at radius 2 is 2.00 bits per heavy atom. The van der Waals surface area contributed by atoms with Crippen molar-refractivity contribution in [2.75, 3.05) is 11.9 Å². The first-order valence-electron chi connectivity index (χ1n) is 6.88. The molecule has 108 valence electrons. The molecule has 0 fully saturated rings. The summed E-state index contributed by atoms with van der Waals surface area (Å²) in [7, 11) is 2.02. The number of nitrogens with zero attached hydrogens (tertiary/aromatic N) is 2. The van der Waals surface area contributed by atoms with Gasteiger partial charge in [-0.1, -0.05) is 6.07 Å². The minimum absolute atomic E-state index is 0.0950. The first-order valence-corrected chi connectivity index (χ1v) is 6.88. The highest BCUT2D eigenvalue weighted by molar-refractivity contribution is 5.38. The number of pyridine rings is 1. The number of aromatic nitrogens is 1. The molecule has 2 rings (SSSR count). The summed E-state index contributed by atoms with van der Waals surface area (Å²) in [6.45, 7) is 7.95. The van der Waals surface area contributed by atoms with E-state index in [0.717, 1.165) is 30.4 Å². The van der Waals surface area contributed by atoms with Crippen LogP contribution in [0.4, 0.5) is 5.82 Å². The largest absolute Gasteiger partial charge is 0.467 e. The van der Waals surface area contributed by atoms with Crippen molar-refractivity contribution in [3.8, 4) is 0 Å². The maximum Gasteiger partial charge on any atom is 0.129 e. The van der Waals surface area contributed by atoms with Crippen LogP contribution in [-0.2, 0) is 13.1 Å². The van der Waals surface area contributed by atoms with Gasteiger partial charge in [-0.25, -0.2) is 4.98 Å². The molecule has 0 saturated carbocycles. The Bertz CT molecular complexity index is 529. The third kappa shape index (κ3) is 4.38.